The van der Waals surface area contributed by atoms with Crippen molar-refractivity contribution in [3.63, 3.8) is 0 Å². The van der Waals surface area contributed by atoms with Gasteiger partial charge in [0.15, 0.2) is 17.3 Å². The maximum Gasteiger partial charge on any atom is 0.336 e. The maximum atomic E-state index is 13.4. The van der Waals surface area contributed by atoms with Crippen LogP contribution in [-0.2, 0) is 20.9 Å². The van der Waals surface area contributed by atoms with Crippen LogP contribution in [0, 0.1) is 5.41 Å². The number of nitrogens with one attached hydrogen (secondary N) is 1. The number of hydrogen-bond donors (Lipinski definition) is 1. The van der Waals surface area contributed by atoms with Crippen molar-refractivity contribution >= 4 is 11.8 Å². The van der Waals surface area contributed by atoms with Crippen molar-refractivity contribution in [1.29, 1.82) is 0 Å². The Morgan fingerprint density at radius 2 is 1.79 bits per heavy atom. The number of dihydropyridines is 1. The summed E-state index contributed by atoms with van der Waals surface area (Å²) < 4.78 is 16.8. The number of Topliss-reactive ketones (excluding diaryl/α,β-unsaturated/α-hetero) is 1. The van der Waals surface area contributed by atoms with Crippen molar-refractivity contribution in [1.82, 2.24) is 5.32 Å². The lowest BCUT2D eigenvalue weighted by Gasteiger charge is -2.39. The van der Waals surface area contributed by atoms with E-state index in [2.05, 4.69) is 19.2 Å². The number of carbonyl (C=O) groups excluding carboxylic acids is 2. The average molecular weight is 462 g/mol. The summed E-state index contributed by atoms with van der Waals surface area (Å²) in [6, 6.07) is 15.4. The average Bonchev–Trinajstić information content (AvgIpc) is 2.81. The van der Waals surface area contributed by atoms with E-state index < -0.39 is 11.9 Å². The zero-order chi connectivity index (χ0) is 24.5. The van der Waals surface area contributed by atoms with Gasteiger partial charge >= 0.3 is 5.97 Å². The van der Waals surface area contributed by atoms with Crippen LogP contribution in [0.3, 0.4) is 0 Å². The predicted octanol–water partition coefficient (Wildman–Crippen LogP) is 5.05. The SMILES string of the molecule is COC(=O)C1=C(C)NC2=C(C(=O)CC(C)(C)C2)[C@H]1c1ccc(OC)c(OCc2ccccc2)c1. The fourth-order valence-electron chi connectivity index (χ4n) is 4.87. The second-order valence-corrected chi connectivity index (χ2v) is 9.61. The summed E-state index contributed by atoms with van der Waals surface area (Å²) in [5.74, 6) is 0.175. The minimum atomic E-state index is -0.544. The van der Waals surface area contributed by atoms with Crippen LogP contribution in [-0.4, -0.2) is 26.0 Å². The minimum absolute atomic E-state index is 0.0419. The molecule has 4 rings (SSSR count). The van der Waals surface area contributed by atoms with E-state index in [0.29, 0.717) is 41.4 Å². The molecule has 0 spiro atoms. The molecular formula is C28H31NO5. The van der Waals surface area contributed by atoms with E-state index in [1.54, 1.807) is 7.11 Å². The monoisotopic (exact) mass is 461 g/mol. The van der Waals surface area contributed by atoms with Gasteiger partial charge in [-0.05, 0) is 42.0 Å². The van der Waals surface area contributed by atoms with Crippen LogP contribution >= 0.6 is 0 Å². The molecule has 2 aromatic carbocycles. The Kier molecular flexibility index (Phi) is 6.51. The van der Waals surface area contributed by atoms with E-state index in [4.69, 9.17) is 14.2 Å². The Balaban J connectivity index is 1.80. The number of benzene rings is 2. The highest BCUT2D eigenvalue weighted by Crippen LogP contribution is 2.47. The van der Waals surface area contributed by atoms with Crippen LogP contribution in [0.4, 0.5) is 0 Å². The molecule has 34 heavy (non-hydrogen) atoms. The minimum Gasteiger partial charge on any atom is -0.493 e. The highest BCUT2D eigenvalue weighted by Gasteiger charge is 2.43. The standard InChI is InChI=1S/C28H31NO5/c1-17-24(27(31)33-5)25(26-20(29-17)14-28(2,3)15-21(26)30)19-11-12-22(32-4)23(13-19)34-16-18-9-7-6-8-10-18/h6-13,25,29H,14-16H2,1-5H3/t25-/m0/s1. The lowest BCUT2D eigenvalue weighted by molar-refractivity contribution is -0.136. The van der Waals surface area contributed by atoms with Gasteiger partial charge in [-0.15, -0.1) is 0 Å². The number of ether oxygens (including phenoxy) is 3. The molecule has 0 radical (unpaired) electrons. The van der Waals surface area contributed by atoms with Crippen molar-refractivity contribution in [2.75, 3.05) is 14.2 Å². The largest absolute Gasteiger partial charge is 0.493 e. The van der Waals surface area contributed by atoms with Gasteiger partial charge in [0.05, 0.1) is 19.8 Å². The highest BCUT2D eigenvalue weighted by atomic mass is 16.5. The number of carbonyl (C=O) groups is 2. The van der Waals surface area contributed by atoms with E-state index in [1.807, 2.05) is 55.5 Å². The van der Waals surface area contributed by atoms with Crippen molar-refractivity contribution in [3.8, 4) is 11.5 Å². The first kappa shape index (κ1) is 23.6. The van der Waals surface area contributed by atoms with Gasteiger partial charge in [0.2, 0.25) is 0 Å². The number of ketones is 1. The molecule has 0 bridgehead atoms. The smallest absolute Gasteiger partial charge is 0.336 e. The summed E-state index contributed by atoms with van der Waals surface area (Å²) >= 11 is 0. The van der Waals surface area contributed by atoms with Gasteiger partial charge in [-0.25, -0.2) is 4.79 Å². The lowest BCUT2D eigenvalue weighted by atomic mass is 9.68. The van der Waals surface area contributed by atoms with Gasteiger partial charge in [-0.1, -0.05) is 50.2 Å². The summed E-state index contributed by atoms with van der Waals surface area (Å²) in [7, 11) is 2.95. The first-order valence-electron chi connectivity index (χ1n) is 11.4. The summed E-state index contributed by atoms with van der Waals surface area (Å²) in [6.45, 7) is 6.39. The highest BCUT2D eigenvalue weighted by molar-refractivity contribution is 6.04. The number of rotatable bonds is 6. The van der Waals surface area contributed by atoms with Crippen molar-refractivity contribution in [3.05, 3.63) is 82.2 Å². The van der Waals surface area contributed by atoms with E-state index >= 15 is 0 Å². The van der Waals surface area contributed by atoms with Gasteiger partial charge in [-0.3, -0.25) is 4.79 Å². The topological polar surface area (TPSA) is 73.9 Å². The molecule has 6 nitrogen and oxygen atoms in total. The number of methoxy groups -OCH3 is 2. The Morgan fingerprint density at radius 3 is 2.47 bits per heavy atom. The van der Waals surface area contributed by atoms with E-state index in [0.717, 1.165) is 23.2 Å². The number of hydrogen-bond acceptors (Lipinski definition) is 6. The zero-order valence-corrected chi connectivity index (χ0v) is 20.4. The van der Waals surface area contributed by atoms with Gasteiger partial charge in [-0.2, -0.15) is 0 Å². The maximum absolute atomic E-state index is 13.4. The molecule has 0 amide bonds. The van der Waals surface area contributed by atoms with Gasteiger partial charge in [0.25, 0.3) is 0 Å². The van der Waals surface area contributed by atoms with Crippen LogP contribution in [0.2, 0.25) is 0 Å². The van der Waals surface area contributed by atoms with Crippen molar-refractivity contribution in [2.45, 2.75) is 46.1 Å². The van der Waals surface area contributed by atoms with Crippen LogP contribution in [0.1, 0.15) is 50.7 Å². The molecule has 1 heterocycles. The molecule has 6 heteroatoms. The van der Waals surface area contributed by atoms with E-state index in [9.17, 15) is 9.59 Å². The molecule has 1 atom stereocenters. The molecule has 1 aliphatic heterocycles. The fourth-order valence-corrected chi connectivity index (χ4v) is 4.87. The summed E-state index contributed by atoms with van der Waals surface area (Å²) in [4.78, 5) is 26.3. The fraction of sp³-hybridized carbons (Fsp3) is 0.357. The Hall–Kier alpha value is -3.54. The zero-order valence-electron chi connectivity index (χ0n) is 20.4. The second kappa shape index (κ2) is 9.37. The van der Waals surface area contributed by atoms with Crippen molar-refractivity contribution in [2.24, 2.45) is 5.41 Å². The van der Waals surface area contributed by atoms with Gasteiger partial charge in [0.1, 0.15) is 6.61 Å². The first-order chi connectivity index (χ1) is 16.2. The Labute approximate surface area is 200 Å². The van der Waals surface area contributed by atoms with Crippen molar-refractivity contribution < 1.29 is 23.8 Å². The molecule has 2 aromatic rings. The molecule has 0 saturated carbocycles. The van der Waals surface area contributed by atoms with Crippen LogP contribution in [0.15, 0.2) is 71.1 Å². The third-order valence-corrected chi connectivity index (χ3v) is 6.40. The summed E-state index contributed by atoms with van der Waals surface area (Å²) in [5, 5.41) is 3.33. The van der Waals surface area contributed by atoms with Crippen LogP contribution < -0.4 is 14.8 Å². The Bertz CT molecular complexity index is 1180. The molecule has 1 aliphatic carbocycles. The number of allylic oxidation sites excluding steroid dienone is 3. The summed E-state index contributed by atoms with van der Waals surface area (Å²) in [6.07, 6.45) is 1.15. The molecule has 0 fully saturated rings. The molecule has 0 unspecified atom stereocenters. The molecule has 0 aromatic heterocycles. The van der Waals surface area contributed by atoms with Gasteiger partial charge in [0, 0.05) is 29.3 Å². The molecule has 1 N–H and O–H groups in total. The quantitative estimate of drug-likeness (QED) is 0.607. The molecule has 178 valence electrons. The van der Waals surface area contributed by atoms with E-state index in [1.165, 1.54) is 7.11 Å². The Morgan fingerprint density at radius 1 is 1.06 bits per heavy atom. The molecule has 0 saturated heterocycles. The lowest BCUT2D eigenvalue weighted by Crippen LogP contribution is -2.38. The number of esters is 1. The molecular weight excluding hydrogens is 430 g/mol. The van der Waals surface area contributed by atoms with Gasteiger partial charge < -0.3 is 19.5 Å². The third kappa shape index (κ3) is 4.58. The first-order valence-corrected chi connectivity index (χ1v) is 11.4. The predicted molar refractivity (Wildman–Crippen MR) is 129 cm³/mol. The van der Waals surface area contributed by atoms with E-state index in [-0.39, 0.29) is 11.2 Å². The molecule has 2 aliphatic rings. The second-order valence-electron chi connectivity index (χ2n) is 9.61. The summed E-state index contributed by atoms with van der Waals surface area (Å²) in [5.41, 5.74) is 4.30. The normalized spacial score (nSPS) is 19.3. The van der Waals surface area contributed by atoms with Crippen LogP contribution in [0.5, 0.6) is 11.5 Å². The third-order valence-electron chi connectivity index (χ3n) is 6.40. The van der Waals surface area contributed by atoms with Crippen LogP contribution in [0.25, 0.3) is 0 Å².